The van der Waals surface area contributed by atoms with E-state index in [1.54, 1.807) is 6.07 Å². The molecule has 0 saturated heterocycles. The smallest absolute Gasteiger partial charge is 0.354 e. The van der Waals surface area contributed by atoms with E-state index in [1.807, 2.05) is 30.3 Å². The standard InChI is InChI=1S/C20H21F3N2O.ClH/c21-20(22,23)16-8-4-7-15(12-16)19(9-10-19)13-25-18(26)17(24)11-14-5-2-1-3-6-14;/h1-8,12,17H,9-11,13,24H2,(H,25,26);1H/t17-;/m0./s1. The van der Waals surface area contributed by atoms with E-state index >= 15 is 0 Å². The number of carbonyl (C=O) groups excluding carboxylic acids is 1. The lowest BCUT2D eigenvalue weighted by Gasteiger charge is -2.20. The van der Waals surface area contributed by atoms with E-state index in [0.29, 0.717) is 18.5 Å². The number of rotatable bonds is 6. The molecule has 2 aromatic carbocycles. The maximum atomic E-state index is 12.9. The molecule has 7 heteroatoms. The molecule has 1 atom stereocenters. The minimum absolute atomic E-state index is 0. The summed E-state index contributed by atoms with van der Waals surface area (Å²) in [6.07, 6.45) is -2.44. The third-order valence-electron chi connectivity index (χ3n) is 4.89. The third kappa shape index (κ3) is 5.23. The zero-order valence-electron chi connectivity index (χ0n) is 14.6. The van der Waals surface area contributed by atoms with Crippen LogP contribution in [-0.4, -0.2) is 18.5 Å². The Morgan fingerprint density at radius 3 is 2.37 bits per heavy atom. The molecule has 3 rings (SSSR count). The van der Waals surface area contributed by atoms with Gasteiger partial charge in [-0.3, -0.25) is 4.79 Å². The van der Waals surface area contributed by atoms with Crippen LogP contribution in [0, 0.1) is 0 Å². The molecular weight excluding hydrogens is 377 g/mol. The van der Waals surface area contributed by atoms with Crippen LogP contribution in [0.4, 0.5) is 13.2 Å². The fourth-order valence-corrected chi connectivity index (χ4v) is 3.09. The summed E-state index contributed by atoms with van der Waals surface area (Å²) in [7, 11) is 0. The molecule has 0 heterocycles. The van der Waals surface area contributed by atoms with Crippen LogP contribution in [0.15, 0.2) is 54.6 Å². The SMILES string of the molecule is Cl.N[C@@H](Cc1ccccc1)C(=O)NCC1(c2cccc(C(F)(F)F)c2)CC1. The lowest BCUT2D eigenvalue weighted by molar-refractivity contribution is -0.137. The van der Waals surface area contributed by atoms with Crippen LogP contribution in [0.2, 0.25) is 0 Å². The van der Waals surface area contributed by atoms with Crippen molar-refractivity contribution < 1.29 is 18.0 Å². The topological polar surface area (TPSA) is 55.1 Å². The highest BCUT2D eigenvalue weighted by molar-refractivity contribution is 5.85. The van der Waals surface area contributed by atoms with E-state index in [4.69, 9.17) is 5.73 Å². The number of halogens is 4. The Kier molecular flexibility index (Phi) is 6.54. The number of alkyl halides is 3. The van der Waals surface area contributed by atoms with Gasteiger partial charge in [0.2, 0.25) is 5.91 Å². The van der Waals surface area contributed by atoms with Crippen molar-refractivity contribution in [3.8, 4) is 0 Å². The normalized spacial score (nSPS) is 16.1. The van der Waals surface area contributed by atoms with E-state index < -0.39 is 23.2 Å². The molecule has 0 aromatic heterocycles. The molecule has 0 aliphatic heterocycles. The summed E-state index contributed by atoms with van der Waals surface area (Å²) in [6, 6.07) is 14.1. The van der Waals surface area contributed by atoms with E-state index in [9.17, 15) is 18.0 Å². The van der Waals surface area contributed by atoms with Gasteiger partial charge in [0.1, 0.15) is 0 Å². The number of hydrogen-bond donors (Lipinski definition) is 2. The highest BCUT2D eigenvalue weighted by Crippen LogP contribution is 2.48. The summed E-state index contributed by atoms with van der Waals surface area (Å²) in [5.41, 5.74) is 6.47. The Hall–Kier alpha value is -2.05. The molecule has 3 nitrogen and oxygen atoms in total. The van der Waals surface area contributed by atoms with Gasteiger partial charge in [-0.05, 0) is 36.5 Å². The van der Waals surface area contributed by atoms with Crippen LogP contribution >= 0.6 is 12.4 Å². The molecular formula is C20H22ClF3N2O. The Morgan fingerprint density at radius 1 is 1.11 bits per heavy atom. The first-order valence-corrected chi connectivity index (χ1v) is 8.55. The average molecular weight is 399 g/mol. The van der Waals surface area contributed by atoms with Gasteiger partial charge < -0.3 is 11.1 Å². The van der Waals surface area contributed by atoms with Crippen LogP contribution in [0.25, 0.3) is 0 Å². The molecule has 3 N–H and O–H groups in total. The summed E-state index contributed by atoms with van der Waals surface area (Å²) < 4.78 is 38.8. The molecule has 0 spiro atoms. The predicted octanol–water partition coefficient (Wildman–Crippen LogP) is 3.85. The monoisotopic (exact) mass is 398 g/mol. The van der Waals surface area contributed by atoms with Crippen molar-refractivity contribution in [2.24, 2.45) is 5.73 Å². The van der Waals surface area contributed by atoms with Crippen LogP contribution in [0.5, 0.6) is 0 Å². The van der Waals surface area contributed by atoms with E-state index in [-0.39, 0.29) is 18.3 Å². The quantitative estimate of drug-likeness (QED) is 0.776. The highest BCUT2D eigenvalue weighted by Gasteiger charge is 2.45. The first-order valence-electron chi connectivity index (χ1n) is 8.55. The van der Waals surface area contributed by atoms with E-state index in [2.05, 4.69) is 5.32 Å². The second-order valence-electron chi connectivity index (χ2n) is 6.87. The van der Waals surface area contributed by atoms with E-state index in [0.717, 1.165) is 24.5 Å². The van der Waals surface area contributed by atoms with E-state index in [1.165, 1.54) is 12.1 Å². The summed E-state index contributed by atoms with van der Waals surface area (Å²) in [5.74, 6) is -0.285. The maximum absolute atomic E-state index is 12.9. The van der Waals surface area contributed by atoms with Gasteiger partial charge in [0.05, 0.1) is 11.6 Å². The maximum Gasteiger partial charge on any atom is 0.416 e. The van der Waals surface area contributed by atoms with Crippen molar-refractivity contribution in [1.29, 1.82) is 0 Å². The second kappa shape index (κ2) is 8.31. The number of hydrogen-bond acceptors (Lipinski definition) is 2. The fraction of sp³-hybridized carbons (Fsp3) is 0.350. The Labute approximate surface area is 162 Å². The van der Waals surface area contributed by atoms with Gasteiger partial charge in [0.15, 0.2) is 0 Å². The average Bonchev–Trinajstić information content (AvgIpc) is 3.41. The van der Waals surface area contributed by atoms with Crippen LogP contribution in [0.3, 0.4) is 0 Å². The van der Waals surface area contributed by atoms with Crippen LogP contribution < -0.4 is 11.1 Å². The Morgan fingerprint density at radius 2 is 1.78 bits per heavy atom. The van der Waals surface area contributed by atoms with Crippen molar-refractivity contribution in [3.05, 3.63) is 71.3 Å². The number of nitrogens with one attached hydrogen (secondary N) is 1. The highest BCUT2D eigenvalue weighted by atomic mass is 35.5. The van der Waals surface area contributed by atoms with Crippen molar-refractivity contribution >= 4 is 18.3 Å². The Bertz CT molecular complexity index is 776. The van der Waals surface area contributed by atoms with Gasteiger partial charge in [-0.1, -0.05) is 48.5 Å². The second-order valence-corrected chi connectivity index (χ2v) is 6.87. The number of amides is 1. The molecule has 0 radical (unpaired) electrons. The van der Waals surface area contributed by atoms with Gasteiger partial charge in [-0.15, -0.1) is 12.4 Å². The third-order valence-corrected chi connectivity index (χ3v) is 4.89. The largest absolute Gasteiger partial charge is 0.416 e. The summed E-state index contributed by atoms with van der Waals surface area (Å²) >= 11 is 0. The van der Waals surface area contributed by atoms with Crippen molar-refractivity contribution in [1.82, 2.24) is 5.32 Å². The molecule has 27 heavy (non-hydrogen) atoms. The lowest BCUT2D eigenvalue weighted by atomic mass is 9.94. The van der Waals surface area contributed by atoms with Gasteiger partial charge in [-0.2, -0.15) is 13.2 Å². The first kappa shape index (κ1) is 21.3. The number of nitrogens with two attached hydrogens (primary N) is 1. The zero-order valence-corrected chi connectivity index (χ0v) is 15.4. The zero-order chi connectivity index (χ0) is 18.8. The molecule has 1 saturated carbocycles. The van der Waals surface area contributed by atoms with Crippen molar-refractivity contribution in [2.75, 3.05) is 6.54 Å². The Balaban J connectivity index is 0.00000261. The molecule has 2 aromatic rings. The van der Waals surface area contributed by atoms with Crippen molar-refractivity contribution in [2.45, 2.75) is 36.9 Å². The predicted molar refractivity (Wildman–Crippen MR) is 101 cm³/mol. The first-order chi connectivity index (χ1) is 12.3. The molecule has 146 valence electrons. The van der Waals surface area contributed by atoms with Gasteiger partial charge >= 0.3 is 6.18 Å². The summed E-state index contributed by atoms with van der Waals surface area (Å²) in [5, 5.41) is 2.82. The number of benzene rings is 2. The van der Waals surface area contributed by atoms with Gasteiger partial charge in [-0.25, -0.2) is 0 Å². The molecule has 1 amide bonds. The molecule has 1 fully saturated rings. The lowest BCUT2D eigenvalue weighted by Crippen LogP contribution is -2.44. The molecule has 0 unspecified atom stereocenters. The molecule has 1 aliphatic rings. The summed E-state index contributed by atoms with van der Waals surface area (Å²) in [4.78, 5) is 12.3. The minimum atomic E-state index is -4.37. The summed E-state index contributed by atoms with van der Waals surface area (Å²) in [6.45, 7) is 0.301. The minimum Gasteiger partial charge on any atom is -0.354 e. The van der Waals surface area contributed by atoms with Crippen LogP contribution in [-0.2, 0) is 22.8 Å². The molecule has 0 bridgehead atoms. The van der Waals surface area contributed by atoms with Crippen molar-refractivity contribution in [3.63, 3.8) is 0 Å². The molecule has 1 aliphatic carbocycles. The fourth-order valence-electron chi connectivity index (χ4n) is 3.09. The van der Waals surface area contributed by atoms with Gasteiger partial charge in [0, 0.05) is 12.0 Å². The number of carbonyl (C=O) groups is 1. The van der Waals surface area contributed by atoms with Crippen LogP contribution in [0.1, 0.15) is 29.5 Å². The van der Waals surface area contributed by atoms with Gasteiger partial charge in [0.25, 0.3) is 0 Å².